The Morgan fingerprint density at radius 2 is 1.74 bits per heavy atom. The molecule has 0 aliphatic carbocycles. The van der Waals surface area contributed by atoms with Crippen molar-refractivity contribution < 1.29 is 9.59 Å². The van der Waals surface area contributed by atoms with E-state index in [1.54, 1.807) is 0 Å². The fourth-order valence-corrected chi connectivity index (χ4v) is 4.34. The van der Waals surface area contributed by atoms with Crippen LogP contribution in [0.15, 0.2) is 30.3 Å². The Kier molecular flexibility index (Phi) is 8.33. The number of piperidine rings is 1. The molecule has 1 aliphatic heterocycles. The van der Waals surface area contributed by atoms with Gasteiger partial charge in [0.2, 0.25) is 11.8 Å². The Hall–Kier alpha value is -1.84. The van der Waals surface area contributed by atoms with E-state index < -0.39 is 0 Å². The fraction of sp³-hybridized carbons (Fsp3) is 0.652. The normalized spacial score (nSPS) is 17.7. The Morgan fingerprint density at radius 1 is 1.11 bits per heavy atom. The van der Waals surface area contributed by atoms with Gasteiger partial charge in [0, 0.05) is 24.9 Å². The predicted octanol–water partition coefficient (Wildman–Crippen LogP) is 4.03. The molecule has 0 radical (unpaired) electrons. The van der Waals surface area contributed by atoms with E-state index in [0.717, 1.165) is 45.2 Å². The molecule has 0 saturated carbocycles. The third-order valence-corrected chi connectivity index (χ3v) is 5.79. The minimum atomic E-state index is -0.341. The lowest BCUT2D eigenvalue weighted by Crippen LogP contribution is -2.46. The van der Waals surface area contributed by atoms with E-state index in [2.05, 4.69) is 38.1 Å². The van der Waals surface area contributed by atoms with Gasteiger partial charge < -0.3 is 10.6 Å². The summed E-state index contributed by atoms with van der Waals surface area (Å²) in [5.41, 5.74) is 7.04. The first-order chi connectivity index (χ1) is 12.9. The van der Waals surface area contributed by atoms with Gasteiger partial charge in [-0.05, 0) is 49.5 Å². The summed E-state index contributed by atoms with van der Waals surface area (Å²) in [6.07, 6.45) is 5.44. The van der Waals surface area contributed by atoms with Gasteiger partial charge in [-0.3, -0.25) is 9.59 Å². The summed E-state index contributed by atoms with van der Waals surface area (Å²) in [6.45, 7) is 7.85. The number of likely N-dealkylation sites (tertiary alicyclic amines) is 1. The predicted molar refractivity (Wildman–Crippen MR) is 110 cm³/mol. The van der Waals surface area contributed by atoms with Gasteiger partial charge in [-0.1, -0.05) is 57.5 Å². The number of rotatable bonds is 9. The maximum Gasteiger partial charge on any atom is 0.226 e. The van der Waals surface area contributed by atoms with Crippen LogP contribution >= 0.6 is 0 Å². The number of hydrogen-bond acceptors (Lipinski definition) is 2. The van der Waals surface area contributed by atoms with Gasteiger partial charge in [0.15, 0.2) is 0 Å². The average molecular weight is 373 g/mol. The maximum atomic E-state index is 13.2. The molecule has 1 aliphatic rings. The van der Waals surface area contributed by atoms with Crippen LogP contribution in [-0.4, -0.2) is 29.8 Å². The van der Waals surface area contributed by atoms with Crippen LogP contribution in [-0.2, 0) is 16.0 Å². The van der Waals surface area contributed by atoms with Gasteiger partial charge >= 0.3 is 0 Å². The first kappa shape index (κ1) is 21.5. The van der Waals surface area contributed by atoms with E-state index in [4.69, 9.17) is 5.73 Å². The fourth-order valence-electron chi connectivity index (χ4n) is 4.34. The molecule has 27 heavy (non-hydrogen) atoms. The van der Waals surface area contributed by atoms with Crippen molar-refractivity contribution in [2.75, 3.05) is 13.1 Å². The molecule has 2 rings (SSSR count). The Bertz CT molecular complexity index is 592. The lowest BCUT2D eigenvalue weighted by Gasteiger charge is -2.36. The molecule has 1 heterocycles. The lowest BCUT2D eigenvalue weighted by atomic mass is 9.80. The summed E-state index contributed by atoms with van der Waals surface area (Å²) >= 11 is 0. The van der Waals surface area contributed by atoms with Crippen LogP contribution in [0.2, 0.25) is 0 Å². The van der Waals surface area contributed by atoms with Crippen molar-refractivity contribution in [2.24, 2.45) is 29.4 Å². The minimum absolute atomic E-state index is 0.138. The van der Waals surface area contributed by atoms with E-state index in [-0.39, 0.29) is 23.7 Å². The van der Waals surface area contributed by atoms with Crippen LogP contribution in [0, 0.1) is 23.7 Å². The van der Waals surface area contributed by atoms with E-state index >= 15 is 0 Å². The van der Waals surface area contributed by atoms with Crippen LogP contribution in [0.25, 0.3) is 0 Å². The lowest BCUT2D eigenvalue weighted by molar-refractivity contribution is -0.143. The number of hydrogen-bond donors (Lipinski definition) is 1. The number of nitrogens with two attached hydrogens (primary N) is 1. The summed E-state index contributed by atoms with van der Waals surface area (Å²) < 4.78 is 0. The number of nitrogens with zero attached hydrogens (tertiary/aromatic N) is 1. The van der Waals surface area contributed by atoms with Gasteiger partial charge in [-0.15, -0.1) is 0 Å². The summed E-state index contributed by atoms with van der Waals surface area (Å²) in [7, 11) is 0. The number of carbonyl (C=O) groups excluding carboxylic acids is 2. The number of primary amides is 1. The zero-order valence-electron chi connectivity index (χ0n) is 17.2. The van der Waals surface area contributed by atoms with Gasteiger partial charge in [0.1, 0.15) is 0 Å². The molecule has 4 nitrogen and oxygen atoms in total. The largest absolute Gasteiger partial charge is 0.369 e. The summed E-state index contributed by atoms with van der Waals surface area (Å²) in [4.78, 5) is 27.2. The number of benzene rings is 1. The quantitative estimate of drug-likeness (QED) is 0.711. The van der Waals surface area contributed by atoms with Crippen LogP contribution in [0.3, 0.4) is 0 Å². The van der Waals surface area contributed by atoms with Crippen molar-refractivity contribution in [1.29, 1.82) is 0 Å². The van der Waals surface area contributed by atoms with E-state index in [1.807, 2.05) is 17.9 Å². The SMILES string of the molecule is CCCC(C(N)=O)C(CC(C)C)C(=O)N1CCC(Cc2ccccc2)CC1. The zero-order valence-corrected chi connectivity index (χ0v) is 17.2. The second-order valence-electron chi connectivity index (χ2n) is 8.49. The molecule has 1 aromatic rings. The minimum Gasteiger partial charge on any atom is -0.369 e. The second kappa shape index (κ2) is 10.5. The van der Waals surface area contributed by atoms with Gasteiger partial charge in [-0.2, -0.15) is 0 Å². The third kappa shape index (κ3) is 6.37. The molecule has 0 bridgehead atoms. The molecule has 2 unspecified atom stereocenters. The highest BCUT2D eigenvalue weighted by Gasteiger charge is 2.36. The smallest absolute Gasteiger partial charge is 0.226 e. The Morgan fingerprint density at radius 3 is 2.26 bits per heavy atom. The molecule has 2 amide bonds. The Balaban J connectivity index is 1.98. The summed E-state index contributed by atoms with van der Waals surface area (Å²) in [5, 5.41) is 0. The van der Waals surface area contributed by atoms with Crippen LogP contribution in [0.1, 0.15) is 58.4 Å². The van der Waals surface area contributed by atoms with E-state index in [1.165, 1.54) is 5.56 Å². The molecule has 2 atom stereocenters. The summed E-state index contributed by atoms with van der Waals surface area (Å²) in [6, 6.07) is 10.6. The molecule has 1 fully saturated rings. The molecule has 0 spiro atoms. The molecule has 1 saturated heterocycles. The highest BCUT2D eigenvalue weighted by atomic mass is 16.2. The van der Waals surface area contributed by atoms with Crippen LogP contribution < -0.4 is 5.73 Å². The molecule has 1 aromatic carbocycles. The van der Waals surface area contributed by atoms with Crippen molar-refractivity contribution in [3.05, 3.63) is 35.9 Å². The Labute approximate surface area is 164 Å². The topological polar surface area (TPSA) is 63.4 Å². The summed E-state index contributed by atoms with van der Waals surface area (Å²) in [5.74, 6) is 0.199. The van der Waals surface area contributed by atoms with E-state index in [9.17, 15) is 9.59 Å². The first-order valence-electron chi connectivity index (χ1n) is 10.5. The van der Waals surface area contributed by atoms with Crippen LogP contribution in [0.4, 0.5) is 0 Å². The maximum absolute atomic E-state index is 13.2. The van der Waals surface area contributed by atoms with Crippen molar-refractivity contribution in [2.45, 2.75) is 59.3 Å². The monoisotopic (exact) mass is 372 g/mol. The van der Waals surface area contributed by atoms with Crippen molar-refractivity contribution >= 4 is 11.8 Å². The molecule has 4 heteroatoms. The van der Waals surface area contributed by atoms with Crippen LogP contribution in [0.5, 0.6) is 0 Å². The molecular weight excluding hydrogens is 336 g/mol. The second-order valence-corrected chi connectivity index (χ2v) is 8.49. The van der Waals surface area contributed by atoms with Gasteiger partial charge in [0.25, 0.3) is 0 Å². The highest BCUT2D eigenvalue weighted by molar-refractivity contribution is 5.87. The van der Waals surface area contributed by atoms with Crippen molar-refractivity contribution in [3.8, 4) is 0 Å². The molecular formula is C23H36N2O2. The molecule has 0 aromatic heterocycles. The molecule has 2 N–H and O–H groups in total. The standard InChI is InChI=1S/C23H36N2O2/c1-4-8-20(22(24)26)21(15-17(2)3)23(27)25-13-11-19(12-14-25)16-18-9-6-5-7-10-18/h5-7,9-10,17,19-21H,4,8,11-16H2,1-3H3,(H2,24,26). The zero-order chi connectivity index (χ0) is 19.8. The average Bonchev–Trinajstić information content (AvgIpc) is 2.65. The highest BCUT2D eigenvalue weighted by Crippen LogP contribution is 2.29. The van der Waals surface area contributed by atoms with E-state index in [0.29, 0.717) is 18.3 Å². The number of amides is 2. The van der Waals surface area contributed by atoms with Crippen molar-refractivity contribution in [1.82, 2.24) is 4.90 Å². The van der Waals surface area contributed by atoms with Crippen molar-refractivity contribution in [3.63, 3.8) is 0 Å². The van der Waals surface area contributed by atoms with Gasteiger partial charge in [0.05, 0.1) is 0 Å². The first-order valence-corrected chi connectivity index (χ1v) is 10.5. The third-order valence-electron chi connectivity index (χ3n) is 5.79. The van der Waals surface area contributed by atoms with Gasteiger partial charge in [-0.25, -0.2) is 0 Å². The molecule has 150 valence electrons. The number of carbonyl (C=O) groups is 2.